The summed E-state index contributed by atoms with van der Waals surface area (Å²) in [6, 6.07) is 23.5. The normalized spacial score (nSPS) is 10.8. The number of hydrogen-bond acceptors (Lipinski definition) is 4. The van der Waals surface area contributed by atoms with E-state index in [0.29, 0.717) is 34.4 Å². The quantitative estimate of drug-likeness (QED) is 0.407. The zero-order chi connectivity index (χ0) is 21.3. The van der Waals surface area contributed by atoms with E-state index in [2.05, 4.69) is 5.32 Å². The number of nitrogens with zero attached hydrogens (tertiary/aromatic N) is 1. The van der Waals surface area contributed by atoms with E-state index in [9.17, 15) is 10.1 Å². The predicted molar refractivity (Wildman–Crippen MR) is 117 cm³/mol. The summed E-state index contributed by atoms with van der Waals surface area (Å²) in [5.41, 5.74) is 2.05. The molecule has 0 saturated carbocycles. The van der Waals surface area contributed by atoms with Gasteiger partial charge in [-0.3, -0.25) is 4.79 Å². The highest BCUT2D eigenvalue weighted by Crippen LogP contribution is 2.22. The first-order valence-electron chi connectivity index (χ1n) is 9.13. The lowest BCUT2D eigenvalue weighted by Gasteiger charge is -2.09. The van der Waals surface area contributed by atoms with E-state index in [1.165, 1.54) is 13.2 Å². The highest BCUT2D eigenvalue weighted by atomic mass is 35.5. The Balaban J connectivity index is 1.65. The van der Waals surface area contributed by atoms with Crippen molar-refractivity contribution in [2.75, 3.05) is 12.4 Å². The number of anilines is 1. The van der Waals surface area contributed by atoms with Crippen molar-refractivity contribution in [3.63, 3.8) is 0 Å². The summed E-state index contributed by atoms with van der Waals surface area (Å²) in [5.74, 6) is 0.712. The molecule has 0 aliphatic carbocycles. The van der Waals surface area contributed by atoms with Crippen LogP contribution in [0.5, 0.6) is 11.5 Å². The van der Waals surface area contributed by atoms with E-state index in [4.69, 9.17) is 21.1 Å². The van der Waals surface area contributed by atoms with Gasteiger partial charge in [0.2, 0.25) is 0 Å². The van der Waals surface area contributed by atoms with Crippen LogP contribution in [-0.4, -0.2) is 13.0 Å². The van der Waals surface area contributed by atoms with Gasteiger partial charge in [0.1, 0.15) is 29.7 Å². The Morgan fingerprint density at radius 1 is 1.07 bits per heavy atom. The van der Waals surface area contributed by atoms with Gasteiger partial charge in [-0.1, -0.05) is 48.0 Å². The first-order chi connectivity index (χ1) is 14.6. The molecule has 0 aliphatic rings. The van der Waals surface area contributed by atoms with E-state index >= 15 is 0 Å². The third-order valence-electron chi connectivity index (χ3n) is 4.27. The summed E-state index contributed by atoms with van der Waals surface area (Å²) >= 11 is 6.13. The van der Waals surface area contributed by atoms with Gasteiger partial charge in [0.15, 0.2) is 0 Å². The van der Waals surface area contributed by atoms with Crippen molar-refractivity contribution < 1.29 is 14.3 Å². The van der Waals surface area contributed by atoms with Crippen molar-refractivity contribution in [3.05, 3.63) is 94.5 Å². The summed E-state index contributed by atoms with van der Waals surface area (Å²) in [6.45, 7) is 0.339. The van der Waals surface area contributed by atoms with Crippen LogP contribution in [-0.2, 0) is 11.4 Å². The lowest BCUT2D eigenvalue weighted by atomic mass is 10.1. The largest absolute Gasteiger partial charge is 0.496 e. The van der Waals surface area contributed by atoms with Crippen LogP contribution in [0.25, 0.3) is 6.08 Å². The SMILES string of the molecule is COc1ccccc1/C=C(\C#N)C(=O)Nc1ccc(OCc2ccccc2Cl)cc1. The van der Waals surface area contributed by atoms with Gasteiger partial charge in [0.05, 0.1) is 7.11 Å². The second kappa shape index (κ2) is 10.1. The van der Waals surface area contributed by atoms with E-state index < -0.39 is 5.91 Å². The molecule has 0 unspecified atom stereocenters. The molecule has 0 heterocycles. The molecule has 1 N–H and O–H groups in total. The number of amides is 1. The van der Waals surface area contributed by atoms with Crippen LogP contribution in [0.4, 0.5) is 5.69 Å². The van der Waals surface area contributed by atoms with Crippen LogP contribution in [0.3, 0.4) is 0 Å². The minimum Gasteiger partial charge on any atom is -0.496 e. The molecule has 0 radical (unpaired) electrons. The first-order valence-corrected chi connectivity index (χ1v) is 9.51. The maximum atomic E-state index is 12.5. The van der Waals surface area contributed by atoms with Gasteiger partial charge < -0.3 is 14.8 Å². The van der Waals surface area contributed by atoms with Crippen molar-refractivity contribution in [3.8, 4) is 17.6 Å². The Morgan fingerprint density at radius 2 is 1.77 bits per heavy atom. The van der Waals surface area contributed by atoms with Crippen molar-refractivity contribution in [2.45, 2.75) is 6.61 Å². The van der Waals surface area contributed by atoms with Gasteiger partial charge >= 0.3 is 0 Å². The fraction of sp³-hybridized carbons (Fsp3) is 0.0833. The molecule has 1 amide bonds. The van der Waals surface area contributed by atoms with E-state index in [1.54, 1.807) is 36.4 Å². The van der Waals surface area contributed by atoms with Crippen LogP contribution < -0.4 is 14.8 Å². The highest BCUT2D eigenvalue weighted by molar-refractivity contribution is 6.31. The number of hydrogen-bond donors (Lipinski definition) is 1. The van der Waals surface area contributed by atoms with E-state index in [1.807, 2.05) is 42.5 Å². The third-order valence-corrected chi connectivity index (χ3v) is 4.64. The summed E-state index contributed by atoms with van der Waals surface area (Å²) in [5, 5.41) is 12.8. The molecule has 3 rings (SSSR count). The van der Waals surface area contributed by atoms with Gasteiger partial charge in [0.25, 0.3) is 5.91 Å². The zero-order valence-corrected chi connectivity index (χ0v) is 17.0. The third kappa shape index (κ3) is 5.40. The first kappa shape index (κ1) is 21.0. The molecular formula is C24H19ClN2O3. The second-order valence-electron chi connectivity index (χ2n) is 6.27. The number of nitriles is 1. The molecular weight excluding hydrogens is 400 g/mol. The number of carbonyl (C=O) groups excluding carboxylic acids is 1. The average molecular weight is 419 g/mol. The lowest BCUT2D eigenvalue weighted by molar-refractivity contribution is -0.112. The second-order valence-corrected chi connectivity index (χ2v) is 6.68. The summed E-state index contributed by atoms with van der Waals surface area (Å²) in [6.07, 6.45) is 1.50. The van der Waals surface area contributed by atoms with Crippen LogP contribution in [0.15, 0.2) is 78.4 Å². The van der Waals surface area contributed by atoms with Crippen LogP contribution in [0, 0.1) is 11.3 Å². The molecule has 30 heavy (non-hydrogen) atoms. The van der Waals surface area contributed by atoms with E-state index in [-0.39, 0.29) is 5.57 Å². The van der Waals surface area contributed by atoms with Crippen molar-refractivity contribution in [2.24, 2.45) is 0 Å². The average Bonchev–Trinajstić information content (AvgIpc) is 2.78. The van der Waals surface area contributed by atoms with Crippen LogP contribution >= 0.6 is 11.6 Å². The zero-order valence-electron chi connectivity index (χ0n) is 16.3. The summed E-state index contributed by atoms with van der Waals surface area (Å²) < 4.78 is 11.0. The molecule has 6 heteroatoms. The number of rotatable bonds is 7. The predicted octanol–water partition coefficient (Wildman–Crippen LogP) is 5.47. The molecule has 0 aromatic heterocycles. The number of benzene rings is 3. The van der Waals surface area contributed by atoms with Gasteiger partial charge in [-0.05, 0) is 42.5 Å². The lowest BCUT2D eigenvalue weighted by Crippen LogP contribution is -2.13. The number of carbonyl (C=O) groups is 1. The Kier molecular flexibility index (Phi) is 7.09. The summed E-state index contributed by atoms with van der Waals surface area (Å²) in [4.78, 5) is 12.5. The fourth-order valence-electron chi connectivity index (χ4n) is 2.70. The molecule has 0 fully saturated rings. The molecule has 0 atom stereocenters. The highest BCUT2D eigenvalue weighted by Gasteiger charge is 2.11. The standard InChI is InChI=1S/C24H19ClN2O3/c1-29-23-9-5-3-6-17(23)14-19(15-26)24(28)27-20-10-12-21(13-11-20)30-16-18-7-2-4-8-22(18)25/h2-14H,16H2,1H3,(H,27,28)/b19-14+. The van der Waals surface area contributed by atoms with Gasteiger partial charge in [-0.2, -0.15) is 5.26 Å². The Morgan fingerprint density at radius 3 is 2.47 bits per heavy atom. The molecule has 5 nitrogen and oxygen atoms in total. The van der Waals surface area contributed by atoms with E-state index in [0.717, 1.165) is 5.56 Å². The maximum absolute atomic E-state index is 12.5. The molecule has 0 spiro atoms. The van der Waals surface area contributed by atoms with Crippen molar-refractivity contribution in [1.82, 2.24) is 0 Å². The van der Waals surface area contributed by atoms with Gasteiger partial charge in [-0.25, -0.2) is 0 Å². The summed E-state index contributed by atoms with van der Waals surface area (Å²) in [7, 11) is 1.54. The maximum Gasteiger partial charge on any atom is 0.266 e. The van der Waals surface area contributed by atoms with Gasteiger partial charge in [-0.15, -0.1) is 0 Å². The Hall–Kier alpha value is -3.75. The molecule has 0 saturated heterocycles. The number of nitrogens with one attached hydrogen (secondary N) is 1. The fourth-order valence-corrected chi connectivity index (χ4v) is 2.89. The molecule has 150 valence electrons. The Bertz CT molecular complexity index is 1100. The molecule has 3 aromatic rings. The molecule has 0 bridgehead atoms. The molecule has 0 aliphatic heterocycles. The minimum absolute atomic E-state index is 0.0291. The minimum atomic E-state index is -0.506. The topological polar surface area (TPSA) is 71.3 Å². The number of methoxy groups -OCH3 is 1. The smallest absolute Gasteiger partial charge is 0.266 e. The van der Waals surface area contributed by atoms with Crippen LogP contribution in [0.1, 0.15) is 11.1 Å². The van der Waals surface area contributed by atoms with Crippen molar-refractivity contribution in [1.29, 1.82) is 5.26 Å². The number of halogens is 1. The monoisotopic (exact) mass is 418 g/mol. The Labute approximate surface area is 180 Å². The number of ether oxygens (including phenoxy) is 2. The number of para-hydroxylation sites is 1. The molecule has 3 aromatic carbocycles. The van der Waals surface area contributed by atoms with Gasteiger partial charge in [0, 0.05) is 21.8 Å². The van der Waals surface area contributed by atoms with Crippen LogP contribution in [0.2, 0.25) is 5.02 Å². The van der Waals surface area contributed by atoms with Crippen molar-refractivity contribution >= 4 is 29.3 Å².